The number of nitrogens with one attached hydrogen (secondary N) is 1. The maximum absolute atomic E-state index is 12.5. The van der Waals surface area contributed by atoms with Crippen LogP contribution in [0.2, 0.25) is 5.02 Å². The molecule has 0 spiro atoms. The van der Waals surface area contributed by atoms with Gasteiger partial charge in [-0.05, 0) is 18.1 Å². The minimum absolute atomic E-state index is 0.0424. The van der Waals surface area contributed by atoms with Gasteiger partial charge in [-0.25, -0.2) is 0 Å². The summed E-state index contributed by atoms with van der Waals surface area (Å²) in [5.74, 6) is 0.477. The maximum atomic E-state index is 12.5. The molecule has 1 aromatic carbocycles. The van der Waals surface area contributed by atoms with Gasteiger partial charge in [0.2, 0.25) is 0 Å². The summed E-state index contributed by atoms with van der Waals surface area (Å²) in [6, 6.07) is 7.50. The van der Waals surface area contributed by atoms with Gasteiger partial charge >= 0.3 is 0 Å². The fourth-order valence-corrected chi connectivity index (χ4v) is 2.58. The lowest BCUT2D eigenvalue weighted by molar-refractivity contribution is 0.0573. The van der Waals surface area contributed by atoms with Crippen molar-refractivity contribution in [2.45, 2.75) is 19.9 Å². The summed E-state index contributed by atoms with van der Waals surface area (Å²) in [5, 5.41) is 3.87. The van der Waals surface area contributed by atoms with E-state index in [4.69, 9.17) is 11.6 Å². The van der Waals surface area contributed by atoms with Gasteiger partial charge < -0.3 is 10.2 Å². The van der Waals surface area contributed by atoms with E-state index in [1.54, 1.807) is 12.1 Å². The van der Waals surface area contributed by atoms with E-state index in [0.29, 0.717) is 16.5 Å². The van der Waals surface area contributed by atoms with Crippen LogP contribution in [0, 0.1) is 5.92 Å². The third kappa shape index (κ3) is 2.68. The fraction of sp³-hybridized carbons (Fsp3) is 0.500. The molecule has 3 nitrogen and oxygen atoms in total. The third-order valence-electron chi connectivity index (χ3n) is 3.42. The Labute approximate surface area is 113 Å². The van der Waals surface area contributed by atoms with Gasteiger partial charge in [-0.2, -0.15) is 0 Å². The molecule has 0 saturated carbocycles. The van der Waals surface area contributed by atoms with Crippen molar-refractivity contribution in [3.8, 4) is 0 Å². The standard InChI is InChI=1S/C14H19ClN2O/c1-10(2)13-9-16-7-8-17(13)14(18)11-5-3-4-6-12(11)15/h3-6,10,13,16H,7-9H2,1-2H3. The first kappa shape index (κ1) is 13.4. The van der Waals surface area contributed by atoms with Gasteiger partial charge in [0, 0.05) is 25.7 Å². The molecular formula is C14H19ClN2O. The Balaban J connectivity index is 2.24. The molecule has 4 heteroatoms. The Morgan fingerprint density at radius 2 is 2.17 bits per heavy atom. The van der Waals surface area contributed by atoms with Crippen LogP contribution in [-0.4, -0.2) is 36.5 Å². The molecule has 0 radical (unpaired) electrons. The summed E-state index contributed by atoms with van der Waals surface area (Å²) < 4.78 is 0. The van der Waals surface area contributed by atoms with E-state index in [1.807, 2.05) is 17.0 Å². The second-order valence-corrected chi connectivity index (χ2v) is 5.40. The van der Waals surface area contributed by atoms with Gasteiger partial charge in [-0.15, -0.1) is 0 Å². The third-order valence-corrected chi connectivity index (χ3v) is 3.75. The maximum Gasteiger partial charge on any atom is 0.255 e. The monoisotopic (exact) mass is 266 g/mol. The van der Waals surface area contributed by atoms with Crippen LogP contribution in [0.25, 0.3) is 0 Å². The summed E-state index contributed by atoms with van der Waals surface area (Å²) in [5.41, 5.74) is 0.603. The molecule has 1 atom stereocenters. The number of hydrogen-bond acceptors (Lipinski definition) is 2. The number of carbonyl (C=O) groups excluding carboxylic acids is 1. The van der Waals surface area contributed by atoms with Crippen LogP contribution < -0.4 is 5.32 Å². The lowest BCUT2D eigenvalue weighted by Gasteiger charge is -2.38. The summed E-state index contributed by atoms with van der Waals surface area (Å²) in [6.07, 6.45) is 0. The highest BCUT2D eigenvalue weighted by Crippen LogP contribution is 2.21. The van der Waals surface area contributed by atoms with Crippen molar-refractivity contribution in [1.29, 1.82) is 0 Å². The van der Waals surface area contributed by atoms with Crippen molar-refractivity contribution in [3.63, 3.8) is 0 Å². The summed E-state index contributed by atoms with van der Waals surface area (Å²) >= 11 is 6.10. The predicted molar refractivity (Wildman–Crippen MR) is 74.0 cm³/mol. The van der Waals surface area contributed by atoms with E-state index in [-0.39, 0.29) is 11.9 Å². The molecule has 1 fully saturated rings. The van der Waals surface area contributed by atoms with Gasteiger partial charge in [-0.3, -0.25) is 4.79 Å². The lowest BCUT2D eigenvalue weighted by atomic mass is 9.99. The van der Waals surface area contributed by atoms with E-state index in [1.165, 1.54) is 0 Å². The molecule has 1 amide bonds. The normalized spacial score (nSPS) is 20.2. The number of hydrogen-bond donors (Lipinski definition) is 1. The van der Waals surface area contributed by atoms with E-state index < -0.39 is 0 Å². The lowest BCUT2D eigenvalue weighted by Crippen LogP contribution is -2.55. The molecule has 0 bridgehead atoms. The molecule has 0 aliphatic carbocycles. The first-order valence-corrected chi connectivity index (χ1v) is 6.75. The number of halogens is 1. The van der Waals surface area contributed by atoms with E-state index in [9.17, 15) is 4.79 Å². The topological polar surface area (TPSA) is 32.3 Å². The molecule has 98 valence electrons. The molecular weight excluding hydrogens is 248 g/mol. The molecule has 1 heterocycles. The number of carbonyl (C=O) groups is 1. The number of amides is 1. The molecule has 18 heavy (non-hydrogen) atoms. The van der Waals surface area contributed by atoms with Crippen LogP contribution in [0.4, 0.5) is 0 Å². The van der Waals surface area contributed by atoms with Gasteiger partial charge in [0.15, 0.2) is 0 Å². The van der Waals surface area contributed by atoms with Gasteiger partial charge in [0.1, 0.15) is 0 Å². The zero-order valence-corrected chi connectivity index (χ0v) is 11.6. The second kappa shape index (κ2) is 5.72. The highest BCUT2D eigenvalue weighted by molar-refractivity contribution is 6.33. The van der Waals surface area contributed by atoms with Gasteiger partial charge in [-0.1, -0.05) is 37.6 Å². The van der Waals surface area contributed by atoms with E-state index >= 15 is 0 Å². The zero-order chi connectivity index (χ0) is 13.1. The van der Waals surface area contributed by atoms with E-state index in [0.717, 1.165) is 19.6 Å². The molecule has 1 saturated heterocycles. The SMILES string of the molecule is CC(C)C1CNCCN1C(=O)c1ccccc1Cl. The average molecular weight is 267 g/mol. The molecule has 2 rings (SSSR count). The Hall–Kier alpha value is -1.06. The number of nitrogens with zero attached hydrogens (tertiary/aromatic N) is 1. The minimum atomic E-state index is 0.0424. The fourth-order valence-electron chi connectivity index (χ4n) is 2.36. The smallest absolute Gasteiger partial charge is 0.255 e. The quantitative estimate of drug-likeness (QED) is 0.892. The largest absolute Gasteiger partial charge is 0.333 e. The number of rotatable bonds is 2. The molecule has 1 N–H and O–H groups in total. The van der Waals surface area contributed by atoms with Crippen molar-refractivity contribution < 1.29 is 4.79 Å². The Morgan fingerprint density at radius 1 is 1.44 bits per heavy atom. The van der Waals surface area contributed by atoms with Crippen LogP contribution in [0.15, 0.2) is 24.3 Å². The molecule has 0 aromatic heterocycles. The average Bonchev–Trinajstić information content (AvgIpc) is 2.38. The van der Waals surface area contributed by atoms with Crippen LogP contribution >= 0.6 is 11.6 Å². The van der Waals surface area contributed by atoms with Crippen molar-refractivity contribution in [3.05, 3.63) is 34.9 Å². The predicted octanol–water partition coefficient (Wildman–Crippen LogP) is 2.41. The van der Waals surface area contributed by atoms with Crippen LogP contribution in [-0.2, 0) is 0 Å². The first-order chi connectivity index (χ1) is 8.61. The second-order valence-electron chi connectivity index (χ2n) is 4.99. The van der Waals surface area contributed by atoms with E-state index in [2.05, 4.69) is 19.2 Å². The first-order valence-electron chi connectivity index (χ1n) is 6.37. The van der Waals surface area contributed by atoms with Crippen molar-refractivity contribution in [2.75, 3.05) is 19.6 Å². The number of benzene rings is 1. The van der Waals surface area contributed by atoms with Crippen molar-refractivity contribution in [1.82, 2.24) is 10.2 Å². The highest BCUT2D eigenvalue weighted by atomic mass is 35.5. The summed E-state index contributed by atoms with van der Waals surface area (Å²) in [4.78, 5) is 14.5. The number of piperazine rings is 1. The van der Waals surface area contributed by atoms with Crippen LogP contribution in [0.5, 0.6) is 0 Å². The Morgan fingerprint density at radius 3 is 2.83 bits per heavy atom. The Bertz CT molecular complexity index is 434. The minimum Gasteiger partial charge on any atom is -0.333 e. The molecule has 1 aliphatic rings. The van der Waals surface area contributed by atoms with Crippen LogP contribution in [0.1, 0.15) is 24.2 Å². The molecule has 1 unspecified atom stereocenters. The summed E-state index contributed by atoms with van der Waals surface area (Å²) in [6.45, 7) is 6.73. The van der Waals surface area contributed by atoms with Gasteiger partial charge in [0.05, 0.1) is 10.6 Å². The van der Waals surface area contributed by atoms with Crippen molar-refractivity contribution >= 4 is 17.5 Å². The van der Waals surface area contributed by atoms with Crippen molar-refractivity contribution in [2.24, 2.45) is 5.92 Å². The summed E-state index contributed by atoms with van der Waals surface area (Å²) in [7, 11) is 0. The molecule has 1 aromatic rings. The van der Waals surface area contributed by atoms with Gasteiger partial charge in [0.25, 0.3) is 5.91 Å². The molecule has 1 aliphatic heterocycles. The Kier molecular flexibility index (Phi) is 4.25. The highest BCUT2D eigenvalue weighted by Gasteiger charge is 2.30. The zero-order valence-electron chi connectivity index (χ0n) is 10.8. The van der Waals surface area contributed by atoms with Crippen LogP contribution in [0.3, 0.4) is 0 Å².